The van der Waals surface area contributed by atoms with Gasteiger partial charge < -0.3 is 4.90 Å². The normalized spacial score (nSPS) is 15.1. The third-order valence-electron chi connectivity index (χ3n) is 2.25. The minimum atomic E-state index is 0.912. The lowest BCUT2D eigenvalue weighted by Gasteiger charge is -2.16. The maximum absolute atomic E-state index is 3.18. The van der Waals surface area contributed by atoms with Crippen molar-refractivity contribution in [2.75, 3.05) is 13.1 Å². The lowest BCUT2D eigenvalue weighted by Crippen LogP contribution is -2.19. The monoisotopic (exact) mass is 196 g/mol. The highest BCUT2D eigenvalue weighted by molar-refractivity contribution is 5.48. The fraction of sp³-hybridized carbons (Fsp3) is 0.143. The van der Waals surface area contributed by atoms with Crippen LogP contribution in [0, 0.1) is 6.20 Å². The van der Waals surface area contributed by atoms with Gasteiger partial charge in [-0.1, -0.05) is 54.6 Å². The highest BCUT2D eigenvalue weighted by Gasteiger charge is 1.95. The molecule has 1 aromatic rings. The number of benzene rings is 1. The first-order valence-electron chi connectivity index (χ1n) is 5.16. The molecule has 0 bridgehead atoms. The van der Waals surface area contributed by atoms with Gasteiger partial charge in [0.05, 0.1) is 6.20 Å². The Morgan fingerprint density at radius 1 is 1.27 bits per heavy atom. The molecule has 0 saturated heterocycles. The fourth-order valence-corrected chi connectivity index (χ4v) is 1.46. The van der Waals surface area contributed by atoms with Gasteiger partial charge in [0.2, 0.25) is 0 Å². The van der Waals surface area contributed by atoms with Crippen LogP contribution in [0.15, 0.2) is 54.6 Å². The number of rotatable bonds is 3. The molecule has 75 valence electrons. The second-order valence-electron chi connectivity index (χ2n) is 3.44. The van der Waals surface area contributed by atoms with Crippen molar-refractivity contribution >= 4 is 6.08 Å². The zero-order chi connectivity index (χ0) is 10.3. The summed E-state index contributed by atoms with van der Waals surface area (Å²) in [7, 11) is 0. The molecule has 0 aliphatic carbocycles. The molecule has 1 aromatic carbocycles. The molecule has 1 heteroatoms. The maximum atomic E-state index is 3.18. The van der Waals surface area contributed by atoms with Crippen molar-refractivity contribution in [3.63, 3.8) is 0 Å². The summed E-state index contributed by atoms with van der Waals surface area (Å²) in [6.45, 7) is 1.87. The number of hydrogen-bond donors (Lipinski definition) is 0. The van der Waals surface area contributed by atoms with Crippen LogP contribution in [-0.2, 0) is 0 Å². The van der Waals surface area contributed by atoms with Crippen molar-refractivity contribution in [2.24, 2.45) is 0 Å². The van der Waals surface area contributed by atoms with Crippen LogP contribution in [0.1, 0.15) is 5.56 Å². The number of hydrogen-bond acceptors (Lipinski definition) is 1. The molecule has 2 rings (SSSR count). The average molecular weight is 196 g/mol. The van der Waals surface area contributed by atoms with Crippen LogP contribution in [-0.4, -0.2) is 18.0 Å². The van der Waals surface area contributed by atoms with Gasteiger partial charge in [-0.15, -0.1) is 0 Å². The summed E-state index contributed by atoms with van der Waals surface area (Å²) in [5.74, 6) is 0. The van der Waals surface area contributed by atoms with Crippen molar-refractivity contribution in [2.45, 2.75) is 0 Å². The van der Waals surface area contributed by atoms with Gasteiger partial charge in [0.25, 0.3) is 0 Å². The first-order chi connectivity index (χ1) is 7.45. The summed E-state index contributed by atoms with van der Waals surface area (Å²) >= 11 is 0. The standard InChI is InChI=1S/C14H14N/c1-3-8-14(9-4-1)10-7-13-15-11-5-2-6-12-15/h1-10H,11,13H2/b10-7+. The number of nitrogens with zero attached hydrogens (tertiary/aromatic N) is 1. The Bertz CT molecular complexity index is 374. The first kappa shape index (κ1) is 9.78. The van der Waals surface area contributed by atoms with Gasteiger partial charge in [0.15, 0.2) is 0 Å². The van der Waals surface area contributed by atoms with E-state index in [-0.39, 0.29) is 0 Å². The van der Waals surface area contributed by atoms with Gasteiger partial charge >= 0.3 is 0 Å². The highest BCUT2D eigenvalue weighted by Crippen LogP contribution is 2.02. The minimum absolute atomic E-state index is 0.912. The molecule has 1 heterocycles. The smallest absolute Gasteiger partial charge is 0.0609 e. The van der Waals surface area contributed by atoms with Gasteiger partial charge in [0, 0.05) is 13.1 Å². The van der Waals surface area contributed by atoms with E-state index < -0.39 is 0 Å². The van der Waals surface area contributed by atoms with E-state index in [2.05, 4.69) is 53.6 Å². The van der Waals surface area contributed by atoms with Crippen LogP contribution in [0.25, 0.3) is 6.08 Å². The van der Waals surface area contributed by atoms with Crippen molar-refractivity contribution < 1.29 is 0 Å². The molecule has 1 aliphatic rings. The Morgan fingerprint density at radius 2 is 2.13 bits per heavy atom. The molecule has 0 atom stereocenters. The Labute approximate surface area is 91.0 Å². The molecule has 0 saturated carbocycles. The van der Waals surface area contributed by atoms with E-state index in [1.807, 2.05) is 18.2 Å². The Balaban J connectivity index is 1.85. The lowest BCUT2D eigenvalue weighted by molar-refractivity contribution is 0.437. The predicted octanol–water partition coefficient (Wildman–Crippen LogP) is 2.89. The lowest BCUT2D eigenvalue weighted by atomic mass is 10.2. The van der Waals surface area contributed by atoms with Gasteiger partial charge in [-0.2, -0.15) is 0 Å². The summed E-state index contributed by atoms with van der Waals surface area (Å²) in [4.78, 5) is 2.14. The Morgan fingerprint density at radius 3 is 2.87 bits per heavy atom. The van der Waals surface area contributed by atoms with E-state index in [0.717, 1.165) is 13.1 Å². The van der Waals surface area contributed by atoms with Crippen LogP contribution in [0.2, 0.25) is 0 Å². The summed E-state index contributed by atoms with van der Waals surface area (Å²) in [6, 6.07) is 10.3. The predicted molar refractivity (Wildman–Crippen MR) is 64.0 cm³/mol. The fourth-order valence-electron chi connectivity index (χ4n) is 1.46. The second kappa shape index (κ2) is 5.20. The van der Waals surface area contributed by atoms with E-state index in [4.69, 9.17) is 0 Å². The van der Waals surface area contributed by atoms with Crippen LogP contribution in [0.5, 0.6) is 0 Å². The number of allylic oxidation sites excluding steroid dienone is 2. The van der Waals surface area contributed by atoms with Crippen LogP contribution in [0.4, 0.5) is 0 Å². The maximum Gasteiger partial charge on any atom is 0.0609 e. The van der Waals surface area contributed by atoms with E-state index in [9.17, 15) is 0 Å². The zero-order valence-corrected chi connectivity index (χ0v) is 8.63. The minimum Gasteiger partial charge on any atom is -0.362 e. The molecule has 0 unspecified atom stereocenters. The van der Waals surface area contributed by atoms with Gasteiger partial charge in [-0.25, -0.2) is 0 Å². The summed E-state index contributed by atoms with van der Waals surface area (Å²) in [5, 5.41) is 0. The molecule has 0 amide bonds. The van der Waals surface area contributed by atoms with Crippen molar-refractivity contribution in [1.82, 2.24) is 4.90 Å². The van der Waals surface area contributed by atoms with Crippen LogP contribution in [0.3, 0.4) is 0 Å². The van der Waals surface area contributed by atoms with Crippen molar-refractivity contribution in [3.05, 3.63) is 66.4 Å². The van der Waals surface area contributed by atoms with Gasteiger partial charge in [-0.05, 0) is 11.6 Å². The van der Waals surface area contributed by atoms with E-state index >= 15 is 0 Å². The van der Waals surface area contributed by atoms with Crippen LogP contribution >= 0.6 is 0 Å². The van der Waals surface area contributed by atoms with E-state index in [1.165, 1.54) is 5.56 Å². The molecule has 15 heavy (non-hydrogen) atoms. The molecular weight excluding hydrogens is 182 g/mol. The quantitative estimate of drug-likeness (QED) is 0.718. The topological polar surface area (TPSA) is 3.24 Å². The molecule has 0 aromatic heterocycles. The molecular formula is C14H14N. The average Bonchev–Trinajstić information content (AvgIpc) is 2.32. The highest BCUT2D eigenvalue weighted by atomic mass is 15.1. The Kier molecular flexibility index (Phi) is 3.39. The molecule has 1 nitrogen and oxygen atoms in total. The Hall–Kier alpha value is -1.76. The SMILES string of the molecule is [C]1=CC=CCN1C/C=C/c1ccccc1. The van der Waals surface area contributed by atoms with Crippen LogP contribution < -0.4 is 0 Å². The molecule has 0 N–H and O–H groups in total. The largest absolute Gasteiger partial charge is 0.362 e. The summed E-state index contributed by atoms with van der Waals surface area (Å²) in [5.41, 5.74) is 1.24. The molecule has 0 fully saturated rings. The summed E-state index contributed by atoms with van der Waals surface area (Å²) in [6.07, 6.45) is 13.6. The van der Waals surface area contributed by atoms with E-state index in [1.54, 1.807) is 0 Å². The second-order valence-corrected chi connectivity index (χ2v) is 3.44. The summed E-state index contributed by atoms with van der Waals surface area (Å²) < 4.78 is 0. The zero-order valence-electron chi connectivity index (χ0n) is 8.63. The molecule has 1 aliphatic heterocycles. The molecule has 0 spiro atoms. The van der Waals surface area contributed by atoms with Gasteiger partial charge in [-0.3, -0.25) is 0 Å². The third-order valence-corrected chi connectivity index (χ3v) is 2.25. The van der Waals surface area contributed by atoms with E-state index in [0.29, 0.717) is 0 Å². The molecule has 1 radical (unpaired) electrons. The van der Waals surface area contributed by atoms with Crippen molar-refractivity contribution in [1.29, 1.82) is 0 Å². The van der Waals surface area contributed by atoms with Crippen molar-refractivity contribution in [3.8, 4) is 0 Å². The van der Waals surface area contributed by atoms with Gasteiger partial charge in [0.1, 0.15) is 0 Å². The first-order valence-corrected chi connectivity index (χ1v) is 5.16. The third kappa shape index (κ3) is 3.13.